The number of fused-ring (bicyclic) bond motifs is 1. The van der Waals surface area contributed by atoms with Crippen LogP contribution in [-0.2, 0) is 15.6 Å². The highest BCUT2D eigenvalue weighted by Gasteiger charge is 2.38. The molecule has 0 bridgehead atoms. The number of hydrogen-bond donors (Lipinski definition) is 2. The van der Waals surface area contributed by atoms with Crippen LogP contribution in [0.2, 0.25) is 0 Å². The molecule has 0 saturated heterocycles. The van der Waals surface area contributed by atoms with Gasteiger partial charge in [-0.2, -0.15) is 0 Å². The van der Waals surface area contributed by atoms with E-state index in [0.717, 1.165) is 29.2 Å². The Labute approximate surface area is 185 Å². The number of sulfone groups is 1. The third-order valence-electron chi connectivity index (χ3n) is 5.72. The number of hydrogen-bond acceptors (Lipinski definition) is 6. The molecule has 1 aromatic carbocycles. The van der Waals surface area contributed by atoms with Crippen LogP contribution in [0.3, 0.4) is 0 Å². The number of aromatic nitrogens is 2. The fourth-order valence-electron chi connectivity index (χ4n) is 3.40. The standard InChI is InChI=1S/C22H25FN4O2S2/c1-4-19(24)22(2,3)31(28,29)13-15-11-16(7-8-17(15)23)25-20(14-5-6-14)18-12-27-9-10-30-21(27)26-18/h7-12,24-25H,4-6,13H2,1-3H3. The molecule has 3 aromatic rings. The largest absolute Gasteiger partial charge is 0.354 e. The van der Waals surface area contributed by atoms with E-state index in [1.807, 2.05) is 22.2 Å². The van der Waals surface area contributed by atoms with Crippen LogP contribution in [0.5, 0.6) is 0 Å². The van der Waals surface area contributed by atoms with Crippen LogP contribution in [0.4, 0.5) is 10.1 Å². The summed E-state index contributed by atoms with van der Waals surface area (Å²) < 4.78 is 41.1. The summed E-state index contributed by atoms with van der Waals surface area (Å²) in [6.07, 6.45) is 6.18. The second-order valence-corrected chi connectivity index (χ2v) is 11.6. The molecule has 2 heterocycles. The van der Waals surface area contributed by atoms with E-state index in [0.29, 0.717) is 12.1 Å². The van der Waals surface area contributed by atoms with Gasteiger partial charge >= 0.3 is 0 Å². The van der Waals surface area contributed by atoms with Gasteiger partial charge in [-0.05, 0) is 56.9 Å². The highest BCUT2D eigenvalue weighted by Crippen LogP contribution is 2.37. The zero-order chi connectivity index (χ0) is 22.4. The van der Waals surface area contributed by atoms with Gasteiger partial charge in [0.05, 0.1) is 11.4 Å². The number of anilines is 1. The Kier molecular flexibility index (Phi) is 5.51. The lowest BCUT2D eigenvalue weighted by Gasteiger charge is -2.25. The van der Waals surface area contributed by atoms with Crippen LogP contribution < -0.4 is 5.32 Å². The average Bonchev–Trinajstić information content (AvgIpc) is 3.33. The maximum Gasteiger partial charge on any atom is 0.194 e. The van der Waals surface area contributed by atoms with Crippen molar-refractivity contribution in [1.82, 2.24) is 9.38 Å². The molecule has 31 heavy (non-hydrogen) atoms. The Morgan fingerprint density at radius 1 is 1.35 bits per heavy atom. The fourth-order valence-corrected chi connectivity index (χ4v) is 5.61. The van der Waals surface area contributed by atoms with E-state index in [1.54, 1.807) is 30.4 Å². The van der Waals surface area contributed by atoms with Crippen LogP contribution in [0, 0.1) is 11.2 Å². The second-order valence-electron chi connectivity index (χ2n) is 8.23. The van der Waals surface area contributed by atoms with Crippen molar-refractivity contribution in [3.8, 4) is 0 Å². The first-order valence-electron chi connectivity index (χ1n) is 10.1. The van der Waals surface area contributed by atoms with E-state index in [-0.39, 0.29) is 11.3 Å². The Hall–Kier alpha value is -2.52. The molecule has 0 unspecified atom stereocenters. The Balaban J connectivity index is 1.63. The van der Waals surface area contributed by atoms with Crippen molar-refractivity contribution in [2.75, 3.05) is 5.32 Å². The summed E-state index contributed by atoms with van der Waals surface area (Å²) in [4.78, 5) is 5.55. The number of halogens is 1. The number of nitrogens with one attached hydrogen (secondary N) is 2. The molecule has 1 aliphatic rings. The van der Waals surface area contributed by atoms with Gasteiger partial charge < -0.3 is 10.7 Å². The monoisotopic (exact) mass is 460 g/mol. The molecular weight excluding hydrogens is 435 g/mol. The van der Waals surface area contributed by atoms with Crippen molar-refractivity contribution in [2.24, 2.45) is 0 Å². The zero-order valence-electron chi connectivity index (χ0n) is 17.7. The molecule has 0 radical (unpaired) electrons. The van der Waals surface area contributed by atoms with Crippen molar-refractivity contribution in [3.05, 3.63) is 58.6 Å². The minimum Gasteiger partial charge on any atom is -0.354 e. The van der Waals surface area contributed by atoms with Gasteiger partial charge in [0.1, 0.15) is 16.3 Å². The maximum absolute atomic E-state index is 14.5. The predicted molar refractivity (Wildman–Crippen MR) is 124 cm³/mol. The van der Waals surface area contributed by atoms with Crippen molar-refractivity contribution < 1.29 is 12.8 Å². The number of nitrogens with zero attached hydrogens (tertiary/aromatic N) is 2. The SMILES string of the molecule is CCC(=N)C(C)(C)S(=O)(=O)Cc1cc(NC(=C2CC2)c2cn3ccsc3n2)ccc1F. The smallest absolute Gasteiger partial charge is 0.194 e. The molecule has 2 aromatic heterocycles. The summed E-state index contributed by atoms with van der Waals surface area (Å²) >= 11 is 1.55. The summed E-state index contributed by atoms with van der Waals surface area (Å²) in [5.41, 5.74) is 3.76. The van der Waals surface area contributed by atoms with Crippen LogP contribution >= 0.6 is 11.3 Å². The Bertz CT molecular complexity index is 1270. The lowest BCUT2D eigenvalue weighted by molar-refractivity contribution is 0.569. The summed E-state index contributed by atoms with van der Waals surface area (Å²) in [6, 6.07) is 4.43. The quantitative estimate of drug-likeness (QED) is 0.448. The molecule has 0 atom stereocenters. The summed E-state index contributed by atoms with van der Waals surface area (Å²) in [7, 11) is -3.78. The first-order valence-corrected chi connectivity index (χ1v) is 12.7. The zero-order valence-corrected chi connectivity index (χ0v) is 19.3. The summed E-state index contributed by atoms with van der Waals surface area (Å²) in [6.45, 7) is 4.76. The topological polar surface area (TPSA) is 87.3 Å². The van der Waals surface area contributed by atoms with Gasteiger partial charge in [-0.25, -0.2) is 17.8 Å². The number of thiazole rings is 1. The Morgan fingerprint density at radius 3 is 2.74 bits per heavy atom. The van der Waals surface area contributed by atoms with Gasteiger partial charge in [0, 0.05) is 34.7 Å². The van der Waals surface area contributed by atoms with Crippen molar-refractivity contribution in [1.29, 1.82) is 5.41 Å². The van der Waals surface area contributed by atoms with E-state index in [2.05, 4.69) is 10.3 Å². The third-order valence-corrected chi connectivity index (χ3v) is 8.98. The first-order chi connectivity index (χ1) is 14.6. The molecule has 0 amide bonds. The summed E-state index contributed by atoms with van der Waals surface area (Å²) in [5, 5.41) is 13.3. The molecule has 9 heteroatoms. The van der Waals surface area contributed by atoms with Gasteiger partial charge in [0.2, 0.25) is 0 Å². The van der Waals surface area contributed by atoms with E-state index < -0.39 is 26.2 Å². The van der Waals surface area contributed by atoms with Crippen LogP contribution in [0.15, 0.2) is 41.5 Å². The molecule has 4 rings (SSSR count). The van der Waals surface area contributed by atoms with Gasteiger partial charge in [0.15, 0.2) is 14.8 Å². The maximum atomic E-state index is 14.5. The van der Waals surface area contributed by atoms with E-state index in [4.69, 9.17) is 5.41 Å². The third kappa shape index (κ3) is 4.16. The minimum atomic E-state index is -3.78. The van der Waals surface area contributed by atoms with E-state index in [1.165, 1.54) is 25.5 Å². The molecular formula is C22H25FN4O2S2. The van der Waals surface area contributed by atoms with Crippen molar-refractivity contribution >= 4 is 43.2 Å². The van der Waals surface area contributed by atoms with Gasteiger partial charge in [-0.3, -0.25) is 4.40 Å². The molecule has 1 aliphatic carbocycles. The van der Waals surface area contributed by atoms with Gasteiger partial charge in [-0.15, -0.1) is 11.3 Å². The molecule has 1 saturated carbocycles. The normalized spacial score (nSPS) is 14.1. The van der Waals surface area contributed by atoms with E-state index >= 15 is 0 Å². The number of benzene rings is 1. The predicted octanol–water partition coefficient (Wildman–Crippen LogP) is 5.28. The van der Waals surface area contributed by atoms with Crippen LogP contribution in [0.25, 0.3) is 10.7 Å². The molecule has 2 N–H and O–H groups in total. The second kappa shape index (κ2) is 7.87. The molecule has 0 spiro atoms. The summed E-state index contributed by atoms with van der Waals surface area (Å²) in [5.74, 6) is -1.04. The first kappa shape index (κ1) is 21.7. The van der Waals surface area contributed by atoms with Crippen LogP contribution in [-0.4, -0.2) is 28.3 Å². The van der Waals surface area contributed by atoms with Gasteiger partial charge in [0.25, 0.3) is 0 Å². The van der Waals surface area contributed by atoms with Gasteiger partial charge in [-0.1, -0.05) is 6.92 Å². The van der Waals surface area contributed by atoms with Crippen LogP contribution in [0.1, 0.15) is 51.3 Å². The molecule has 164 valence electrons. The lowest BCUT2D eigenvalue weighted by atomic mass is 10.1. The Morgan fingerprint density at radius 2 is 2.10 bits per heavy atom. The van der Waals surface area contributed by atoms with E-state index in [9.17, 15) is 12.8 Å². The molecule has 1 fully saturated rings. The molecule has 0 aliphatic heterocycles. The number of allylic oxidation sites excluding steroid dienone is 1. The minimum absolute atomic E-state index is 0.0907. The lowest BCUT2D eigenvalue weighted by Crippen LogP contribution is -2.40. The highest BCUT2D eigenvalue weighted by molar-refractivity contribution is 7.92. The fraction of sp³-hybridized carbons (Fsp3) is 0.364. The molecule has 6 nitrogen and oxygen atoms in total. The van der Waals surface area contributed by atoms with Crippen molar-refractivity contribution in [2.45, 2.75) is 50.5 Å². The average molecular weight is 461 g/mol. The highest BCUT2D eigenvalue weighted by atomic mass is 32.2. The number of imidazole rings is 1. The van der Waals surface area contributed by atoms with Crippen molar-refractivity contribution in [3.63, 3.8) is 0 Å². The number of rotatable bonds is 8.